The van der Waals surface area contributed by atoms with Gasteiger partial charge in [-0.15, -0.1) is 0 Å². The number of nitrogens with zero attached hydrogens (tertiary/aromatic N) is 2. The molecular weight excluding hydrogens is 305 g/mol. The third kappa shape index (κ3) is 3.53. The standard InChI is InChI=1S/C15H16FN3O4/c1-2-18-13(21)14(22)19(15(18)23)9-12(20)17-8-7-10-5-3-4-6-11(10)16/h3-6H,2,7-9H2,1H3,(H,17,20). The number of amides is 5. The van der Waals surface area contributed by atoms with Crippen LogP contribution in [0.5, 0.6) is 0 Å². The van der Waals surface area contributed by atoms with Crippen molar-refractivity contribution in [2.45, 2.75) is 13.3 Å². The largest absolute Gasteiger partial charge is 0.354 e. The smallest absolute Gasteiger partial charge is 0.334 e. The molecule has 1 N–H and O–H groups in total. The van der Waals surface area contributed by atoms with Crippen molar-refractivity contribution in [2.75, 3.05) is 19.6 Å². The average molecular weight is 321 g/mol. The van der Waals surface area contributed by atoms with E-state index in [0.29, 0.717) is 10.5 Å². The van der Waals surface area contributed by atoms with Gasteiger partial charge in [0, 0.05) is 13.1 Å². The molecule has 0 saturated carbocycles. The van der Waals surface area contributed by atoms with Gasteiger partial charge < -0.3 is 5.32 Å². The maximum absolute atomic E-state index is 13.4. The van der Waals surface area contributed by atoms with Gasteiger partial charge in [-0.3, -0.25) is 19.3 Å². The Balaban J connectivity index is 1.86. The molecule has 0 radical (unpaired) electrons. The van der Waals surface area contributed by atoms with E-state index in [1.165, 1.54) is 6.07 Å². The predicted molar refractivity (Wildman–Crippen MR) is 77.6 cm³/mol. The first kappa shape index (κ1) is 16.6. The number of nitrogens with one attached hydrogen (secondary N) is 1. The molecule has 1 saturated heterocycles. The Morgan fingerprint density at radius 3 is 2.39 bits per heavy atom. The Hall–Kier alpha value is -2.77. The van der Waals surface area contributed by atoms with Crippen molar-refractivity contribution < 1.29 is 23.6 Å². The Morgan fingerprint density at radius 2 is 1.78 bits per heavy atom. The van der Waals surface area contributed by atoms with Crippen molar-refractivity contribution in [3.05, 3.63) is 35.6 Å². The zero-order valence-electron chi connectivity index (χ0n) is 12.5. The molecule has 1 aliphatic rings. The summed E-state index contributed by atoms with van der Waals surface area (Å²) in [6, 6.07) is 5.38. The van der Waals surface area contributed by atoms with Crippen LogP contribution in [0.25, 0.3) is 0 Å². The highest BCUT2D eigenvalue weighted by atomic mass is 19.1. The predicted octanol–water partition coefficient (Wildman–Crippen LogP) is 0.295. The van der Waals surface area contributed by atoms with E-state index in [1.807, 2.05) is 0 Å². The van der Waals surface area contributed by atoms with E-state index in [1.54, 1.807) is 25.1 Å². The van der Waals surface area contributed by atoms with Crippen LogP contribution in [0.15, 0.2) is 24.3 Å². The van der Waals surface area contributed by atoms with E-state index in [0.717, 1.165) is 4.90 Å². The Morgan fingerprint density at radius 1 is 1.13 bits per heavy atom. The highest BCUT2D eigenvalue weighted by Gasteiger charge is 2.44. The molecular formula is C15H16FN3O4. The first-order valence-corrected chi connectivity index (χ1v) is 7.13. The molecule has 1 heterocycles. The molecule has 0 aliphatic carbocycles. The van der Waals surface area contributed by atoms with Crippen molar-refractivity contribution in [1.82, 2.24) is 15.1 Å². The highest BCUT2D eigenvalue weighted by molar-refractivity contribution is 6.45. The number of carbonyl (C=O) groups excluding carboxylic acids is 4. The van der Waals surface area contributed by atoms with Crippen molar-refractivity contribution >= 4 is 23.8 Å². The summed E-state index contributed by atoms with van der Waals surface area (Å²) >= 11 is 0. The number of imide groups is 2. The molecule has 1 fully saturated rings. The second-order valence-corrected chi connectivity index (χ2v) is 4.91. The molecule has 1 aliphatic heterocycles. The second-order valence-electron chi connectivity index (χ2n) is 4.91. The van der Waals surface area contributed by atoms with E-state index in [9.17, 15) is 23.6 Å². The van der Waals surface area contributed by atoms with Crippen LogP contribution in [-0.4, -0.2) is 53.2 Å². The first-order valence-electron chi connectivity index (χ1n) is 7.13. The number of urea groups is 1. The maximum Gasteiger partial charge on any atom is 0.334 e. The topological polar surface area (TPSA) is 86.8 Å². The number of carbonyl (C=O) groups is 4. The Kier molecular flexibility index (Phi) is 5.05. The number of halogens is 1. The quantitative estimate of drug-likeness (QED) is 0.603. The normalized spacial score (nSPS) is 14.6. The van der Waals surface area contributed by atoms with Crippen LogP contribution >= 0.6 is 0 Å². The fourth-order valence-electron chi connectivity index (χ4n) is 2.21. The molecule has 0 aromatic heterocycles. The van der Waals surface area contributed by atoms with Gasteiger partial charge in [0.15, 0.2) is 0 Å². The molecule has 5 amide bonds. The lowest BCUT2D eigenvalue weighted by Crippen LogP contribution is -2.42. The third-order valence-electron chi connectivity index (χ3n) is 3.43. The van der Waals surface area contributed by atoms with E-state index in [2.05, 4.69) is 5.32 Å². The molecule has 1 aromatic carbocycles. The second kappa shape index (κ2) is 6.99. The van der Waals surface area contributed by atoms with E-state index in [-0.39, 0.29) is 25.3 Å². The van der Waals surface area contributed by atoms with E-state index >= 15 is 0 Å². The van der Waals surface area contributed by atoms with Gasteiger partial charge in [0.2, 0.25) is 5.91 Å². The van der Waals surface area contributed by atoms with Crippen LogP contribution in [0.2, 0.25) is 0 Å². The molecule has 23 heavy (non-hydrogen) atoms. The lowest BCUT2D eigenvalue weighted by atomic mass is 10.1. The van der Waals surface area contributed by atoms with E-state index in [4.69, 9.17) is 0 Å². The van der Waals surface area contributed by atoms with Crippen LogP contribution in [0.1, 0.15) is 12.5 Å². The SMILES string of the molecule is CCN1C(=O)C(=O)N(CC(=O)NCCc2ccccc2F)C1=O. The molecule has 0 spiro atoms. The van der Waals surface area contributed by atoms with Crippen molar-refractivity contribution in [1.29, 1.82) is 0 Å². The van der Waals surface area contributed by atoms with Crippen LogP contribution in [-0.2, 0) is 20.8 Å². The monoisotopic (exact) mass is 321 g/mol. The molecule has 7 nitrogen and oxygen atoms in total. The molecule has 1 aromatic rings. The van der Waals surface area contributed by atoms with Gasteiger partial charge in [0.1, 0.15) is 12.4 Å². The number of hydrogen-bond acceptors (Lipinski definition) is 4. The van der Waals surface area contributed by atoms with Crippen molar-refractivity contribution in [2.24, 2.45) is 0 Å². The van der Waals surface area contributed by atoms with E-state index < -0.39 is 30.3 Å². The third-order valence-corrected chi connectivity index (χ3v) is 3.43. The van der Waals surface area contributed by atoms with Crippen LogP contribution in [0.3, 0.4) is 0 Å². The number of rotatable bonds is 6. The van der Waals surface area contributed by atoms with Crippen molar-refractivity contribution in [3.63, 3.8) is 0 Å². The molecule has 0 bridgehead atoms. The minimum atomic E-state index is -1.01. The van der Waals surface area contributed by atoms with Gasteiger partial charge in [-0.1, -0.05) is 18.2 Å². The Labute approximate surface area is 132 Å². The summed E-state index contributed by atoms with van der Waals surface area (Å²) in [5.74, 6) is -2.90. The zero-order chi connectivity index (χ0) is 17.0. The van der Waals surface area contributed by atoms with Crippen LogP contribution in [0, 0.1) is 5.82 Å². The lowest BCUT2D eigenvalue weighted by Gasteiger charge is -2.14. The van der Waals surface area contributed by atoms with Crippen LogP contribution < -0.4 is 5.32 Å². The number of likely N-dealkylation sites (N-methyl/N-ethyl adjacent to an activating group) is 1. The first-order chi connectivity index (χ1) is 11.0. The zero-order valence-corrected chi connectivity index (χ0v) is 12.5. The maximum atomic E-state index is 13.4. The highest BCUT2D eigenvalue weighted by Crippen LogP contribution is 2.11. The summed E-state index contributed by atoms with van der Waals surface area (Å²) in [5.41, 5.74) is 0.452. The summed E-state index contributed by atoms with van der Waals surface area (Å²) < 4.78 is 13.4. The van der Waals surface area contributed by atoms with Gasteiger partial charge in [-0.05, 0) is 25.0 Å². The number of benzene rings is 1. The summed E-state index contributed by atoms with van der Waals surface area (Å²) in [4.78, 5) is 48.1. The molecule has 2 rings (SSSR count). The summed E-state index contributed by atoms with van der Waals surface area (Å²) in [6.45, 7) is 1.24. The fourth-order valence-corrected chi connectivity index (χ4v) is 2.21. The average Bonchev–Trinajstić information content (AvgIpc) is 2.72. The van der Waals surface area contributed by atoms with Gasteiger partial charge in [0.25, 0.3) is 0 Å². The minimum absolute atomic E-state index is 0.0643. The van der Waals surface area contributed by atoms with Gasteiger partial charge in [-0.25, -0.2) is 14.1 Å². The van der Waals surface area contributed by atoms with Gasteiger partial charge >= 0.3 is 17.8 Å². The molecule has 8 heteroatoms. The summed E-state index contributed by atoms with van der Waals surface area (Å²) in [7, 11) is 0. The van der Waals surface area contributed by atoms with Gasteiger partial charge in [-0.2, -0.15) is 0 Å². The minimum Gasteiger partial charge on any atom is -0.354 e. The van der Waals surface area contributed by atoms with Crippen LogP contribution in [0.4, 0.5) is 9.18 Å². The summed E-state index contributed by atoms with van der Waals surface area (Å²) in [6.07, 6.45) is 0.278. The fraction of sp³-hybridized carbons (Fsp3) is 0.333. The lowest BCUT2D eigenvalue weighted by molar-refractivity contribution is -0.143. The van der Waals surface area contributed by atoms with Gasteiger partial charge in [0.05, 0.1) is 0 Å². The Bertz CT molecular complexity index is 662. The molecule has 122 valence electrons. The number of hydrogen-bond donors (Lipinski definition) is 1. The summed E-state index contributed by atoms with van der Waals surface area (Å²) in [5, 5.41) is 2.49. The molecule has 0 unspecified atom stereocenters. The van der Waals surface area contributed by atoms with Crippen molar-refractivity contribution in [3.8, 4) is 0 Å². The molecule has 0 atom stereocenters.